The molecule has 1 N–H and O–H groups in total. The number of amides is 1. The lowest BCUT2D eigenvalue weighted by molar-refractivity contribution is -0.143. The summed E-state index contributed by atoms with van der Waals surface area (Å²) in [6, 6.07) is 5.64. The highest BCUT2D eigenvalue weighted by Crippen LogP contribution is 2.27. The van der Waals surface area contributed by atoms with E-state index in [2.05, 4.69) is 4.98 Å². The number of hydrogen-bond donors (Lipinski definition) is 1. The smallest absolute Gasteiger partial charge is 0.296 e. The predicted octanol–water partition coefficient (Wildman–Crippen LogP) is 1.77. The van der Waals surface area contributed by atoms with Gasteiger partial charge in [-0.15, -0.1) is 0 Å². The number of benzene rings is 1. The van der Waals surface area contributed by atoms with Gasteiger partial charge in [0.05, 0.1) is 0 Å². The molecular weight excluding hydrogens is 405 g/mol. The number of Topliss-reactive ketones (excluding diaryl/α,β-unsaturated/α-hetero) is 2. The molecule has 0 saturated heterocycles. The van der Waals surface area contributed by atoms with E-state index in [0.717, 1.165) is 9.47 Å². The lowest BCUT2D eigenvalue weighted by Gasteiger charge is -2.26. The number of carbonyl (C=O) groups excluding carboxylic acids is 3. The van der Waals surface area contributed by atoms with Crippen LogP contribution < -0.4 is 5.56 Å². The number of aromatic nitrogens is 2. The molecule has 0 unspecified atom stereocenters. The van der Waals surface area contributed by atoms with Crippen molar-refractivity contribution in [2.45, 2.75) is 38.5 Å². The van der Waals surface area contributed by atoms with E-state index in [1.807, 2.05) is 0 Å². The molecule has 1 heterocycles. The first-order valence-corrected chi connectivity index (χ1v) is 9.67. The second-order valence-electron chi connectivity index (χ2n) is 8.23. The van der Waals surface area contributed by atoms with Crippen molar-refractivity contribution in [3.63, 3.8) is 0 Å². The fourth-order valence-electron chi connectivity index (χ4n) is 3.22. The van der Waals surface area contributed by atoms with Crippen LogP contribution in [0, 0.1) is 5.82 Å². The minimum Gasteiger partial charge on any atom is -0.501 e. The highest BCUT2D eigenvalue weighted by molar-refractivity contribution is 6.36. The number of hydrogen-bond acceptors (Lipinski definition) is 6. The molecule has 0 bridgehead atoms. The maximum atomic E-state index is 13.0. The number of aromatic hydroxyl groups is 1. The van der Waals surface area contributed by atoms with Crippen LogP contribution in [0.3, 0.4) is 0 Å². The van der Waals surface area contributed by atoms with Crippen molar-refractivity contribution in [3.8, 4) is 5.75 Å². The van der Waals surface area contributed by atoms with Crippen LogP contribution in [0.2, 0.25) is 0 Å². The molecule has 1 aromatic carbocycles. The Morgan fingerprint density at radius 2 is 1.74 bits per heavy atom. The average Bonchev–Trinajstić information content (AvgIpc) is 2.70. The molecule has 0 radical (unpaired) electrons. The first kappa shape index (κ1) is 23.9. The van der Waals surface area contributed by atoms with Gasteiger partial charge >= 0.3 is 0 Å². The zero-order valence-electron chi connectivity index (χ0n) is 18.2. The quantitative estimate of drug-likeness (QED) is 0.504. The Balaban J connectivity index is 2.34. The molecular formula is C22H26FN3O5. The molecule has 0 aliphatic carbocycles. The summed E-state index contributed by atoms with van der Waals surface area (Å²) in [7, 11) is 4.29. The number of carbonyl (C=O) groups is 3. The molecule has 2 rings (SSSR count). The lowest BCUT2D eigenvalue weighted by atomic mass is 9.85. The maximum absolute atomic E-state index is 13.0. The van der Waals surface area contributed by atoms with Crippen molar-refractivity contribution in [1.82, 2.24) is 14.5 Å². The third-order valence-electron chi connectivity index (χ3n) is 4.94. The van der Waals surface area contributed by atoms with Crippen LogP contribution in [0.15, 0.2) is 29.1 Å². The highest BCUT2D eigenvalue weighted by Gasteiger charge is 2.33. The van der Waals surface area contributed by atoms with Crippen LogP contribution in [-0.2, 0) is 28.5 Å². The molecule has 0 aliphatic rings. The van der Waals surface area contributed by atoms with Gasteiger partial charge in [-0.25, -0.2) is 9.37 Å². The van der Waals surface area contributed by atoms with Gasteiger partial charge in [-0.05, 0) is 24.1 Å². The summed E-state index contributed by atoms with van der Waals surface area (Å²) in [5, 5.41) is 10.2. The molecule has 0 spiro atoms. The Bertz CT molecular complexity index is 1070. The van der Waals surface area contributed by atoms with Gasteiger partial charge in [-0.1, -0.05) is 26.0 Å². The van der Waals surface area contributed by atoms with Crippen LogP contribution in [-0.4, -0.2) is 51.1 Å². The van der Waals surface area contributed by atoms with Gasteiger partial charge < -0.3 is 10.0 Å². The van der Waals surface area contributed by atoms with Gasteiger partial charge in [0.1, 0.15) is 11.6 Å². The molecule has 2 aromatic rings. The van der Waals surface area contributed by atoms with E-state index in [-0.39, 0.29) is 30.8 Å². The molecule has 0 saturated carbocycles. The maximum Gasteiger partial charge on any atom is 0.296 e. The van der Waals surface area contributed by atoms with Crippen molar-refractivity contribution < 1.29 is 23.9 Å². The minimum absolute atomic E-state index is 0.0583. The number of likely N-dealkylation sites (N-methyl/N-ethyl adjacent to an activating group) is 1. The molecule has 166 valence electrons. The van der Waals surface area contributed by atoms with Crippen molar-refractivity contribution in [3.05, 3.63) is 57.5 Å². The van der Waals surface area contributed by atoms with E-state index in [1.165, 1.54) is 33.3 Å². The Morgan fingerprint density at radius 1 is 1.16 bits per heavy atom. The van der Waals surface area contributed by atoms with E-state index in [9.17, 15) is 28.7 Å². The van der Waals surface area contributed by atoms with E-state index >= 15 is 0 Å². The molecule has 0 atom stereocenters. The summed E-state index contributed by atoms with van der Waals surface area (Å²) < 4.78 is 14.1. The van der Waals surface area contributed by atoms with Crippen LogP contribution in [0.1, 0.15) is 48.6 Å². The number of nitrogens with zero attached hydrogens (tertiary/aromatic N) is 3. The number of rotatable bonds is 8. The van der Waals surface area contributed by atoms with E-state index in [1.54, 1.807) is 26.0 Å². The standard InChI is InChI=1S/C22H26FN3O5/c1-22(2,12-16(28)19(30)25(3)4)21-24-17(18(29)20(31)26(21)5)15(27)11-8-13-6-9-14(23)10-7-13/h6-7,9-10,29H,8,11-12H2,1-5H3. The second kappa shape index (κ2) is 9.20. The molecule has 0 aliphatic heterocycles. The Labute approximate surface area is 179 Å². The summed E-state index contributed by atoms with van der Waals surface area (Å²) in [5.41, 5.74) is -1.56. The van der Waals surface area contributed by atoms with E-state index < -0.39 is 40.0 Å². The van der Waals surface area contributed by atoms with Crippen LogP contribution in [0.5, 0.6) is 5.75 Å². The lowest BCUT2D eigenvalue weighted by Crippen LogP contribution is -2.38. The van der Waals surface area contributed by atoms with Crippen molar-refractivity contribution in [2.24, 2.45) is 7.05 Å². The van der Waals surface area contributed by atoms with Gasteiger partial charge in [-0.2, -0.15) is 0 Å². The fraction of sp³-hybridized carbons (Fsp3) is 0.409. The average molecular weight is 431 g/mol. The number of ketones is 2. The molecule has 0 fully saturated rings. The van der Waals surface area contributed by atoms with Gasteiger partial charge in [0.25, 0.3) is 11.5 Å². The number of halogens is 1. The fourth-order valence-corrected chi connectivity index (χ4v) is 3.22. The zero-order chi connectivity index (χ0) is 23.5. The minimum atomic E-state index is -1.06. The second-order valence-corrected chi connectivity index (χ2v) is 8.23. The van der Waals surface area contributed by atoms with Crippen LogP contribution in [0.25, 0.3) is 0 Å². The third kappa shape index (κ3) is 5.42. The Hall–Kier alpha value is -3.36. The van der Waals surface area contributed by atoms with Gasteiger partial charge in [0.15, 0.2) is 11.5 Å². The van der Waals surface area contributed by atoms with Crippen molar-refractivity contribution >= 4 is 17.5 Å². The zero-order valence-corrected chi connectivity index (χ0v) is 18.2. The Morgan fingerprint density at radius 3 is 2.29 bits per heavy atom. The normalized spacial score (nSPS) is 11.3. The molecule has 8 nitrogen and oxygen atoms in total. The Kier molecular flexibility index (Phi) is 7.09. The molecule has 1 aromatic heterocycles. The van der Waals surface area contributed by atoms with Crippen LogP contribution >= 0.6 is 0 Å². The molecule has 1 amide bonds. The van der Waals surface area contributed by atoms with Gasteiger partial charge in [0, 0.05) is 39.4 Å². The molecule has 31 heavy (non-hydrogen) atoms. The van der Waals surface area contributed by atoms with Crippen molar-refractivity contribution in [1.29, 1.82) is 0 Å². The van der Waals surface area contributed by atoms with Gasteiger partial charge in [0.2, 0.25) is 11.5 Å². The first-order chi connectivity index (χ1) is 14.3. The topological polar surface area (TPSA) is 110 Å². The summed E-state index contributed by atoms with van der Waals surface area (Å²) in [5.74, 6) is -2.99. The van der Waals surface area contributed by atoms with Crippen molar-refractivity contribution in [2.75, 3.05) is 14.1 Å². The number of aryl methyl sites for hydroxylation is 1. The molecule has 9 heteroatoms. The SMILES string of the molecule is CN(C)C(=O)C(=O)CC(C)(C)c1nc(C(=O)CCc2ccc(F)cc2)c(O)c(=O)n1C. The first-order valence-electron chi connectivity index (χ1n) is 9.67. The summed E-state index contributed by atoms with van der Waals surface area (Å²) >= 11 is 0. The van der Waals surface area contributed by atoms with Gasteiger partial charge in [-0.3, -0.25) is 23.7 Å². The predicted molar refractivity (Wildman–Crippen MR) is 112 cm³/mol. The summed E-state index contributed by atoms with van der Waals surface area (Å²) in [4.78, 5) is 54.8. The summed E-state index contributed by atoms with van der Waals surface area (Å²) in [6.45, 7) is 3.25. The van der Waals surface area contributed by atoms with E-state index in [4.69, 9.17) is 0 Å². The summed E-state index contributed by atoms with van der Waals surface area (Å²) in [6.07, 6.45) is -0.0282. The van der Waals surface area contributed by atoms with E-state index in [0.29, 0.717) is 5.56 Å². The highest BCUT2D eigenvalue weighted by atomic mass is 19.1. The monoisotopic (exact) mass is 431 g/mol. The largest absolute Gasteiger partial charge is 0.501 e. The van der Waals surface area contributed by atoms with Crippen LogP contribution in [0.4, 0.5) is 4.39 Å². The third-order valence-corrected chi connectivity index (χ3v) is 4.94.